The first kappa shape index (κ1) is 38.9. The summed E-state index contributed by atoms with van der Waals surface area (Å²) in [6.45, 7) is 6.32. The van der Waals surface area contributed by atoms with Crippen LogP contribution in [0.2, 0.25) is 0 Å². The topological polar surface area (TPSA) is 242 Å². The SMILES string of the molecule is CC(C)OC(=O)N(C)CCN(C)C(=O)OCc1ccc(O[C@@H]2O[C@H](C(=O)O)[C@@H](O)[C@H](O)[C@H]2O)c(NC(=O)CN2C(=O)CC(C(C)C)C2=O)c1. The van der Waals surface area contributed by atoms with Crippen LogP contribution in [0.4, 0.5) is 15.3 Å². The summed E-state index contributed by atoms with van der Waals surface area (Å²) in [4.78, 5) is 77.9. The number of amides is 5. The molecular formula is C31H44N4O14. The number of likely N-dealkylation sites (N-methyl/N-ethyl adjacent to an activating group) is 2. The first-order chi connectivity index (χ1) is 22.9. The standard InChI is InChI=1S/C31H44N4O14/c1-15(2)18-12-22(37)35(27(18)41)13-21(36)32-19-11-17(14-46-30(44)33(5)9-10-34(6)31(45)47-16(3)4)7-8-20(19)48-29-25(40)23(38)24(39)26(49-29)28(42)43/h7-8,11,15-16,18,23-26,29,38-40H,9-10,12-14H2,1-6H3,(H,32,36)(H,42,43)/t18?,23-,24-,25+,26-,29+/m0/s1. The van der Waals surface area contributed by atoms with E-state index >= 15 is 0 Å². The summed E-state index contributed by atoms with van der Waals surface area (Å²) >= 11 is 0. The minimum atomic E-state index is -1.97. The van der Waals surface area contributed by atoms with E-state index in [1.165, 1.54) is 42.1 Å². The molecular weight excluding hydrogens is 652 g/mol. The van der Waals surface area contributed by atoms with Crippen LogP contribution in [0.1, 0.15) is 39.7 Å². The molecule has 0 radical (unpaired) electrons. The van der Waals surface area contributed by atoms with Crippen molar-refractivity contribution in [2.45, 2.75) is 77.5 Å². The van der Waals surface area contributed by atoms with E-state index in [2.05, 4.69) is 5.32 Å². The van der Waals surface area contributed by atoms with Gasteiger partial charge in [0.2, 0.25) is 24.0 Å². The zero-order valence-corrected chi connectivity index (χ0v) is 28.1. The first-order valence-electron chi connectivity index (χ1n) is 15.6. The normalized spacial score (nSPS) is 23.8. The van der Waals surface area contributed by atoms with Gasteiger partial charge in [0.05, 0.1) is 11.8 Å². The van der Waals surface area contributed by atoms with Crippen LogP contribution in [-0.4, -0.2) is 142 Å². The summed E-state index contributed by atoms with van der Waals surface area (Å²) in [6.07, 6.45) is -11.3. The molecule has 0 aromatic heterocycles. The minimum Gasteiger partial charge on any atom is -0.479 e. The van der Waals surface area contributed by atoms with Gasteiger partial charge in [-0.25, -0.2) is 14.4 Å². The summed E-state index contributed by atoms with van der Waals surface area (Å²) in [6, 6.07) is 4.03. The highest BCUT2D eigenvalue weighted by atomic mass is 16.7. The van der Waals surface area contributed by atoms with Gasteiger partial charge in [-0.05, 0) is 37.5 Å². The van der Waals surface area contributed by atoms with Gasteiger partial charge in [-0.2, -0.15) is 0 Å². The summed E-state index contributed by atoms with van der Waals surface area (Å²) in [7, 11) is 2.98. The number of anilines is 1. The number of ether oxygens (including phenoxy) is 4. The Bertz CT molecular complexity index is 1400. The monoisotopic (exact) mass is 696 g/mol. The first-order valence-corrected chi connectivity index (χ1v) is 15.6. The number of aliphatic hydroxyl groups excluding tert-OH is 3. The van der Waals surface area contributed by atoms with Gasteiger partial charge in [-0.3, -0.25) is 19.3 Å². The van der Waals surface area contributed by atoms with E-state index in [-0.39, 0.29) is 49.6 Å². The molecule has 6 atom stereocenters. The predicted molar refractivity (Wildman–Crippen MR) is 167 cm³/mol. The maximum absolute atomic E-state index is 13.1. The second-order valence-electron chi connectivity index (χ2n) is 12.4. The van der Waals surface area contributed by atoms with Crippen molar-refractivity contribution in [3.05, 3.63) is 23.8 Å². The molecule has 5 N–H and O–H groups in total. The molecule has 0 bridgehead atoms. The molecule has 2 fully saturated rings. The lowest BCUT2D eigenvalue weighted by molar-refractivity contribution is -0.271. The Morgan fingerprint density at radius 3 is 2.18 bits per heavy atom. The van der Waals surface area contributed by atoms with Gasteiger partial charge in [-0.15, -0.1) is 0 Å². The zero-order chi connectivity index (χ0) is 36.7. The van der Waals surface area contributed by atoms with E-state index in [4.69, 9.17) is 18.9 Å². The second kappa shape index (κ2) is 16.7. The number of rotatable bonds is 13. The summed E-state index contributed by atoms with van der Waals surface area (Å²) < 4.78 is 21.3. The van der Waals surface area contributed by atoms with Gasteiger partial charge < -0.3 is 54.5 Å². The summed E-state index contributed by atoms with van der Waals surface area (Å²) in [5, 5.41) is 42.5. The number of benzene rings is 1. The number of likely N-dealkylation sites (tertiary alicyclic amines) is 1. The Kier molecular flexibility index (Phi) is 13.3. The third-order valence-electron chi connectivity index (χ3n) is 7.85. The Morgan fingerprint density at radius 2 is 1.61 bits per heavy atom. The highest BCUT2D eigenvalue weighted by Crippen LogP contribution is 2.32. The number of nitrogens with zero attached hydrogens (tertiary/aromatic N) is 3. The maximum atomic E-state index is 13.1. The molecule has 1 aromatic rings. The van der Waals surface area contributed by atoms with Gasteiger partial charge in [0.1, 0.15) is 37.2 Å². The van der Waals surface area contributed by atoms with Gasteiger partial charge in [0, 0.05) is 39.5 Å². The van der Waals surface area contributed by atoms with Crippen molar-refractivity contribution in [3.8, 4) is 5.75 Å². The van der Waals surface area contributed by atoms with E-state index in [1.807, 2.05) is 0 Å². The molecule has 2 aliphatic heterocycles. The molecule has 2 heterocycles. The Labute approximate surface area is 282 Å². The molecule has 18 nitrogen and oxygen atoms in total. The molecule has 0 aliphatic carbocycles. The molecule has 1 aromatic carbocycles. The average molecular weight is 697 g/mol. The van der Waals surface area contributed by atoms with Crippen molar-refractivity contribution >= 4 is 41.6 Å². The lowest BCUT2D eigenvalue weighted by atomic mass is 9.94. The zero-order valence-electron chi connectivity index (χ0n) is 28.1. The largest absolute Gasteiger partial charge is 0.479 e. The van der Waals surface area contributed by atoms with Crippen molar-refractivity contribution in [1.29, 1.82) is 0 Å². The van der Waals surface area contributed by atoms with E-state index < -0.39 is 79.0 Å². The lowest BCUT2D eigenvalue weighted by Crippen LogP contribution is -2.61. The smallest absolute Gasteiger partial charge is 0.409 e. The van der Waals surface area contributed by atoms with Crippen LogP contribution in [0.3, 0.4) is 0 Å². The van der Waals surface area contributed by atoms with Crippen LogP contribution in [0, 0.1) is 11.8 Å². The number of nitrogens with one attached hydrogen (secondary N) is 1. The maximum Gasteiger partial charge on any atom is 0.409 e. The van der Waals surface area contributed by atoms with E-state index in [0.717, 1.165) is 4.90 Å². The van der Waals surface area contributed by atoms with Crippen molar-refractivity contribution < 1.29 is 68.1 Å². The number of carboxylic acid groups (broad SMARTS) is 1. The van der Waals surface area contributed by atoms with Crippen molar-refractivity contribution in [2.75, 3.05) is 39.0 Å². The fraction of sp³-hybridized carbons (Fsp3) is 0.613. The fourth-order valence-electron chi connectivity index (χ4n) is 4.90. The van der Waals surface area contributed by atoms with E-state index in [1.54, 1.807) is 27.7 Å². The lowest BCUT2D eigenvalue weighted by Gasteiger charge is -2.38. The average Bonchev–Trinajstić information content (AvgIpc) is 3.31. The van der Waals surface area contributed by atoms with Crippen molar-refractivity contribution in [2.24, 2.45) is 11.8 Å². The van der Waals surface area contributed by atoms with Gasteiger partial charge >= 0.3 is 18.2 Å². The molecule has 18 heteroatoms. The highest BCUT2D eigenvalue weighted by Gasteiger charge is 2.48. The van der Waals surface area contributed by atoms with Crippen molar-refractivity contribution in [1.82, 2.24) is 14.7 Å². The molecule has 5 amide bonds. The number of imide groups is 1. The number of aliphatic carboxylic acids is 1. The quantitative estimate of drug-likeness (QED) is 0.170. The number of aliphatic hydroxyl groups is 3. The van der Waals surface area contributed by atoms with E-state index in [9.17, 15) is 49.2 Å². The van der Waals surface area contributed by atoms with Gasteiger partial charge in [0.25, 0.3) is 0 Å². The molecule has 272 valence electrons. The van der Waals surface area contributed by atoms with Crippen LogP contribution in [-0.2, 0) is 40.0 Å². The molecule has 3 rings (SSSR count). The highest BCUT2D eigenvalue weighted by molar-refractivity contribution is 6.07. The van der Waals surface area contributed by atoms with Crippen molar-refractivity contribution in [3.63, 3.8) is 0 Å². The van der Waals surface area contributed by atoms with Crippen LogP contribution < -0.4 is 10.1 Å². The fourth-order valence-corrected chi connectivity index (χ4v) is 4.90. The van der Waals surface area contributed by atoms with Crippen LogP contribution in [0.25, 0.3) is 0 Å². The van der Waals surface area contributed by atoms with Crippen LogP contribution >= 0.6 is 0 Å². The number of carbonyl (C=O) groups is 6. The Balaban J connectivity index is 1.77. The van der Waals surface area contributed by atoms with Crippen LogP contribution in [0.5, 0.6) is 5.75 Å². The molecule has 0 spiro atoms. The predicted octanol–water partition coefficient (Wildman–Crippen LogP) is -0.0276. The van der Waals surface area contributed by atoms with Gasteiger partial charge in [0.15, 0.2) is 6.10 Å². The Morgan fingerprint density at radius 1 is 0.980 bits per heavy atom. The summed E-state index contributed by atoms with van der Waals surface area (Å²) in [5.41, 5.74) is 0.208. The number of carbonyl (C=O) groups excluding carboxylic acids is 5. The van der Waals surface area contributed by atoms with E-state index in [0.29, 0.717) is 5.56 Å². The molecule has 2 saturated heterocycles. The summed E-state index contributed by atoms with van der Waals surface area (Å²) in [5.74, 6) is -4.36. The second-order valence-corrected chi connectivity index (χ2v) is 12.4. The molecule has 2 aliphatic rings. The molecule has 49 heavy (non-hydrogen) atoms. The van der Waals surface area contributed by atoms with Crippen LogP contribution in [0.15, 0.2) is 18.2 Å². The third kappa shape index (κ3) is 10.0. The third-order valence-corrected chi connectivity index (χ3v) is 7.85. The molecule has 1 unspecified atom stereocenters. The number of hydrogen-bond donors (Lipinski definition) is 5. The van der Waals surface area contributed by atoms with Gasteiger partial charge in [-0.1, -0.05) is 19.9 Å². The Hall–Kier alpha value is -4.52. The molecule has 0 saturated carbocycles. The number of hydrogen-bond acceptors (Lipinski definition) is 13. The number of carboxylic acids is 1. The minimum absolute atomic E-state index is 0.0401.